The zero-order valence-electron chi connectivity index (χ0n) is 14.3. The van der Waals surface area contributed by atoms with E-state index in [1.165, 1.54) is 11.3 Å². The first-order valence-corrected chi connectivity index (χ1v) is 9.01. The second-order valence-corrected chi connectivity index (χ2v) is 7.49. The minimum atomic E-state index is -0.0282. The molecule has 1 aliphatic heterocycles. The number of likely N-dealkylation sites (tertiary alicyclic amines) is 1. The Bertz CT molecular complexity index is 710. The number of rotatable bonds is 5. The third-order valence-corrected chi connectivity index (χ3v) is 4.89. The number of nitrogens with one attached hydrogen (secondary N) is 1. The number of aromatic nitrogens is 5. The molecule has 1 amide bonds. The molecule has 130 valence electrons. The maximum Gasteiger partial charge on any atom is 0.240 e. The molecule has 0 aliphatic carbocycles. The smallest absolute Gasteiger partial charge is 0.240 e. The van der Waals surface area contributed by atoms with Crippen LogP contribution in [0.5, 0.6) is 0 Å². The number of amides is 1. The summed E-state index contributed by atoms with van der Waals surface area (Å²) in [5.74, 6) is 2.23. The molecule has 9 heteroatoms. The lowest BCUT2D eigenvalue weighted by Crippen LogP contribution is -2.41. The molecule has 3 rings (SSSR count). The SMILES string of the molecule is Cc1nc(C)n(C[C@@H]2CCCN(CC(=O)Nc3nnc(C)s3)C2)n1. The van der Waals surface area contributed by atoms with Gasteiger partial charge in [0, 0.05) is 13.1 Å². The molecule has 1 saturated heterocycles. The Morgan fingerprint density at radius 1 is 1.33 bits per heavy atom. The zero-order chi connectivity index (χ0) is 17.1. The zero-order valence-corrected chi connectivity index (χ0v) is 15.1. The van der Waals surface area contributed by atoms with E-state index in [0.29, 0.717) is 17.6 Å². The van der Waals surface area contributed by atoms with E-state index in [1.54, 1.807) is 0 Å². The molecule has 1 aliphatic rings. The van der Waals surface area contributed by atoms with Gasteiger partial charge >= 0.3 is 0 Å². The molecule has 0 aromatic carbocycles. The number of anilines is 1. The quantitative estimate of drug-likeness (QED) is 0.878. The van der Waals surface area contributed by atoms with Crippen LogP contribution >= 0.6 is 11.3 Å². The van der Waals surface area contributed by atoms with Gasteiger partial charge in [-0.15, -0.1) is 10.2 Å². The summed E-state index contributed by atoms with van der Waals surface area (Å²) < 4.78 is 1.98. The monoisotopic (exact) mass is 349 g/mol. The Labute approximate surface area is 145 Å². The van der Waals surface area contributed by atoms with Gasteiger partial charge in [0.2, 0.25) is 11.0 Å². The number of nitrogens with zero attached hydrogens (tertiary/aromatic N) is 6. The third kappa shape index (κ3) is 4.35. The van der Waals surface area contributed by atoms with Gasteiger partial charge in [-0.25, -0.2) is 9.67 Å². The van der Waals surface area contributed by atoms with Gasteiger partial charge in [0.15, 0.2) is 0 Å². The van der Waals surface area contributed by atoms with E-state index in [0.717, 1.165) is 49.1 Å². The Kier molecular flexibility index (Phi) is 5.20. The molecule has 24 heavy (non-hydrogen) atoms. The normalized spacial score (nSPS) is 18.7. The fourth-order valence-corrected chi connectivity index (χ4v) is 3.74. The van der Waals surface area contributed by atoms with Crippen LogP contribution in [0.2, 0.25) is 0 Å². The summed E-state index contributed by atoms with van der Waals surface area (Å²) in [6, 6.07) is 0. The molecule has 2 aromatic heterocycles. The molecule has 1 atom stereocenters. The fourth-order valence-electron chi connectivity index (χ4n) is 3.13. The van der Waals surface area contributed by atoms with Crippen LogP contribution in [0.25, 0.3) is 0 Å². The van der Waals surface area contributed by atoms with Gasteiger partial charge in [0.25, 0.3) is 0 Å². The van der Waals surface area contributed by atoms with E-state index in [9.17, 15) is 4.79 Å². The average Bonchev–Trinajstić information content (AvgIpc) is 3.05. The van der Waals surface area contributed by atoms with Crippen molar-refractivity contribution in [1.82, 2.24) is 29.9 Å². The Balaban J connectivity index is 1.51. The van der Waals surface area contributed by atoms with Crippen molar-refractivity contribution in [2.45, 2.75) is 40.2 Å². The first kappa shape index (κ1) is 17.0. The summed E-state index contributed by atoms with van der Waals surface area (Å²) >= 11 is 1.39. The second-order valence-electron chi connectivity index (χ2n) is 6.31. The van der Waals surface area contributed by atoms with Gasteiger partial charge < -0.3 is 0 Å². The highest BCUT2D eigenvalue weighted by atomic mass is 32.1. The van der Waals surface area contributed by atoms with Crippen molar-refractivity contribution in [1.29, 1.82) is 0 Å². The number of aryl methyl sites for hydroxylation is 3. The fraction of sp³-hybridized carbons (Fsp3) is 0.667. The van der Waals surface area contributed by atoms with Crippen molar-refractivity contribution in [3.05, 3.63) is 16.7 Å². The van der Waals surface area contributed by atoms with Gasteiger partial charge in [0.1, 0.15) is 16.7 Å². The lowest BCUT2D eigenvalue weighted by Gasteiger charge is -2.32. The lowest BCUT2D eigenvalue weighted by molar-refractivity contribution is -0.117. The molecule has 0 spiro atoms. The number of hydrogen-bond donors (Lipinski definition) is 1. The molecular weight excluding hydrogens is 326 g/mol. The highest BCUT2D eigenvalue weighted by molar-refractivity contribution is 7.15. The summed E-state index contributed by atoms with van der Waals surface area (Å²) in [5, 5.41) is 16.5. The molecule has 0 radical (unpaired) electrons. The molecule has 1 fully saturated rings. The number of piperidine rings is 1. The molecule has 2 aromatic rings. The first-order valence-electron chi connectivity index (χ1n) is 8.20. The average molecular weight is 349 g/mol. The maximum absolute atomic E-state index is 12.2. The predicted octanol–water partition coefficient (Wildman–Crippen LogP) is 1.41. The van der Waals surface area contributed by atoms with Crippen molar-refractivity contribution in [2.75, 3.05) is 25.0 Å². The van der Waals surface area contributed by atoms with Crippen LogP contribution in [0.4, 0.5) is 5.13 Å². The van der Waals surface area contributed by atoms with Crippen LogP contribution in [0.15, 0.2) is 0 Å². The number of hydrogen-bond acceptors (Lipinski definition) is 7. The largest absolute Gasteiger partial charge is 0.299 e. The third-order valence-electron chi connectivity index (χ3n) is 4.14. The molecule has 0 bridgehead atoms. The molecule has 3 heterocycles. The van der Waals surface area contributed by atoms with E-state index >= 15 is 0 Å². The van der Waals surface area contributed by atoms with E-state index in [-0.39, 0.29) is 5.91 Å². The standard InChI is InChI=1S/C15H23N7OS/c1-10-16-11(2)22(20-10)8-13-5-4-6-21(7-13)9-14(23)17-15-19-18-12(3)24-15/h13H,4-9H2,1-3H3,(H,17,19,23)/t13-/m1/s1. The first-order chi connectivity index (χ1) is 11.5. The molecular formula is C15H23N7OS. The number of carbonyl (C=O) groups excluding carboxylic acids is 1. The van der Waals surface area contributed by atoms with Gasteiger partial charge in [-0.05, 0) is 46.1 Å². The Morgan fingerprint density at radius 3 is 2.83 bits per heavy atom. The Morgan fingerprint density at radius 2 is 2.17 bits per heavy atom. The van der Waals surface area contributed by atoms with Crippen molar-refractivity contribution >= 4 is 22.4 Å². The summed E-state index contributed by atoms with van der Waals surface area (Å²) in [6.07, 6.45) is 2.26. The molecule has 0 saturated carbocycles. The van der Waals surface area contributed by atoms with E-state index in [4.69, 9.17) is 0 Å². The highest BCUT2D eigenvalue weighted by Crippen LogP contribution is 2.19. The minimum absolute atomic E-state index is 0.0282. The Hall–Kier alpha value is -1.87. The summed E-state index contributed by atoms with van der Waals surface area (Å²) in [7, 11) is 0. The second kappa shape index (κ2) is 7.35. The molecule has 1 N–H and O–H groups in total. The van der Waals surface area contributed by atoms with E-state index in [2.05, 4.69) is 30.5 Å². The lowest BCUT2D eigenvalue weighted by atomic mass is 9.98. The predicted molar refractivity (Wildman–Crippen MR) is 91.9 cm³/mol. The summed E-state index contributed by atoms with van der Waals surface area (Å²) in [5.41, 5.74) is 0. The van der Waals surface area contributed by atoms with Crippen molar-refractivity contribution in [3.8, 4) is 0 Å². The topological polar surface area (TPSA) is 88.8 Å². The van der Waals surface area contributed by atoms with Crippen LogP contribution in [0, 0.1) is 26.7 Å². The van der Waals surface area contributed by atoms with Crippen molar-refractivity contribution in [3.63, 3.8) is 0 Å². The van der Waals surface area contributed by atoms with Crippen molar-refractivity contribution in [2.24, 2.45) is 5.92 Å². The molecule has 8 nitrogen and oxygen atoms in total. The highest BCUT2D eigenvalue weighted by Gasteiger charge is 2.23. The number of carbonyl (C=O) groups is 1. The van der Waals surface area contributed by atoms with Gasteiger partial charge in [-0.3, -0.25) is 15.0 Å². The molecule has 0 unspecified atom stereocenters. The van der Waals surface area contributed by atoms with Crippen LogP contribution in [-0.4, -0.2) is 55.4 Å². The summed E-state index contributed by atoms with van der Waals surface area (Å²) in [6.45, 7) is 8.88. The van der Waals surface area contributed by atoms with Crippen LogP contribution in [0.1, 0.15) is 29.5 Å². The minimum Gasteiger partial charge on any atom is -0.299 e. The van der Waals surface area contributed by atoms with Crippen LogP contribution < -0.4 is 5.32 Å². The van der Waals surface area contributed by atoms with E-state index < -0.39 is 0 Å². The van der Waals surface area contributed by atoms with Crippen LogP contribution in [0.3, 0.4) is 0 Å². The van der Waals surface area contributed by atoms with E-state index in [1.807, 2.05) is 25.5 Å². The van der Waals surface area contributed by atoms with Crippen LogP contribution in [-0.2, 0) is 11.3 Å². The van der Waals surface area contributed by atoms with Gasteiger partial charge in [-0.2, -0.15) is 5.10 Å². The maximum atomic E-state index is 12.2. The van der Waals surface area contributed by atoms with Gasteiger partial charge in [0.05, 0.1) is 6.54 Å². The van der Waals surface area contributed by atoms with Crippen molar-refractivity contribution < 1.29 is 4.79 Å². The summed E-state index contributed by atoms with van der Waals surface area (Å²) in [4.78, 5) is 18.7. The van der Waals surface area contributed by atoms with Gasteiger partial charge in [-0.1, -0.05) is 11.3 Å².